The third-order valence-corrected chi connectivity index (χ3v) is 5.03. The molecule has 1 heterocycles. The van der Waals surface area contributed by atoms with Gasteiger partial charge in [-0.05, 0) is 31.0 Å². The molecule has 1 aliphatic heterocycles. The van der Waals surface area contributed by atoms with Crippen molar-refractivity contribution in [3.63, 3.8) is 0 Å². The van der Waals surface area contributed by atoms with Crippen LogP contribution in [0.15, 0.2) is 48.5 Å². The Morgan fingerprint density at radius 2 is 1.68 bits per heavy atom. The van der Waals surface area contributed by atoms with Crippen LogP contribution in [0.4, 0.5) is 4.79 Å². The molecule has 5 atom stereocenters. The molecule has 0 saturated carbocycles. The highest BCUT2D eigenvalue weighted by Crippen LogP contribution is 2.28. The van der Waals surface area contributed by atoms with Crippen LogP contribution in [0, 0.1) is 6.92 Å². The van der Waals surface area contributed by atoms with Crippen LogP contribution < -0.4 is 4.74 Å². The number of hydrogen-bond acceptors (Lipinski definition) is 8. The van der Waals surface area contributed by atoms with Crippen molar-refractivity contribution in [2.75, 3.05) is 13.2 Å². The van der Waals surface area contributed by atoms with Crippen LogP contribution in [0.5, 0.6) is 5.75 Å². The number of aliphatic hydroxyl groups excluding tert-OH is 3. The van der Waals surface area contributed by atoms with Gasteiger partial charge < -0.3 is 34.3 Å². The molecule has 2 aromatic rings. The molecular weight excluding hydrogens is 404 g/mol. The molecule has 3 N–H and O–H groups in total. The van der Waals surface area contributed by atoms with Crippen LogP contribution >= 0.6 is 0 Å². The summed E-state index contributed by atoms with van der Waals surface area (Å²) in [6.45, 7) is 3.42. The van der Waals surface area contributed by atoms with Crippen LogP contribution in [0.1, 0.15) is 23.6 Å². The Kier molecular flexibility index (Phi) is 7.86. The third-order valence-electron chi connectivity index (χ3n) is 5.03. The molecule has 1 saturated heterocycles. The normalized spacial score (nSPS) is 25.6. The molecule has 0 radical (unpaired) electrons. The van der Waals surface area contributed by atoms with Crippen LogP contribution in [-0.4, -0.2) is 65.4 Å². The van der Waals surface area contributed by atoms with Gasteiger partial charge in [0.1, 0.15) is 36.8 Å². The van der Waals surface area contributed by atoms with Crippen molar-refractivity contribution < 1.29 is 39.1 Å². The highest BCUT2D eigenvalue weighted by molar-refractivity contribution is 5.59. The zero-order chi connectivity index (χ0) is 22.4. The topological polar surface area (TPSA) is 115 Å². The quantitative estimate of drug-likeness (QED) is 0.569. The van der Waals surface area contributed by atoms with Crippen molar-refractivity contribution in [3.05, 3.63) is 65.2 Å². The Bertz CT molecular complexity index is 853. The van der Waals surface area contributed by atoms with Crippen molar-refractivity contribution in [3.8, 4) is 5.75 Å². The molecule has 0 bridgehead atoms. The molecule has 1 fully saturated rings. The number of para-hydroxylation sites is 1. The number of aryl methyl sites for hydroxylation is 1. The minimum atomic E-state index is -1.54. The minimum absolute atomic E-state index is 0.137. The number of rotatable bonds is 7. The van der Waals surface area contributed by atoms with Gasteiger partial charge in [0.2, 0.25) is 6.29 Å². The maximum absolute atomic E-state index is 11.4. The highest BCUT2D eigenvalue weighted by Gasteiger charge is 2.45. The molecule has 0 aromatic heterocycles. The van der Waals surface area contributed by atoms with Gasteiger partial charge >= 0.3 is 6.16 Å². The van der Waals surface area contributed by atoms with Crippen LogP contribution in [0.25, 0.3) is 0 Å². The van der Waals surface area contributed by atoms with Crippen LogP contribution in [0.2, 0.25) is 0 Å². The summed E-state index contributed by atoms with van der Waals surface area (Å²) in [6.07, 6.45) is -7.20. The number of hydrogen-bond donors (Lipinski definition) is 3. The van der Waals surface area contributed by atoms with Crippen LogP contribution in [-0.2, 0) is 20.6 Å². The second-order valence-corrected chi connectivity index (χ2v) is 7.40. The lowest BCUT2D eigenvalue weighted by atomic mass is 9.99. The summed E-state index contributed by atoms with van der Waals surface area (Å²) < 4.78 is 21.1. The van der Waals surface area contributed by atoms with Gasteiger partial charge in [-0.3, -0.25) is 0 Å². The van der Waals surface area contributed by atoms with E-state index in [4.69, 9.17) is 14.2 Å². The molecule has 3 rings (SSSR count). The van der Waals surface area contributed by atoms with Gasteiger partial charge in [-0.1, -0.05) is 48.0 Å². The lowest BCUT2D eigenvalue weighted by Crippen LogP contribution is -2.60. The van der Waals surface area contributed by atoms with Crippen molar-refractivity contribution >= 4 is 6.16 Å². The Balaban J connectivity index is 1.71. The van der Waals surface area contributed by atoms with E-state index in [9.17, 15) is 20.1 Å². The minimum Gasteiger partial charge on any atom is -0.462 e. The molecular formula is C23H28O8. The van der Waals surface area contributed by atoms with E-state index in [0.29, 0.717) is 12.2 Å². The first kappa shape index (κ1) is 23.0. The van der Waals surface area contributed by atoms with E-state index in [1.165, 1.54) is 0 Å². The van der Waals surface area contributed by atoms with E-state index in [2.05, 4.69) is 4.74 Å². The molecule has 2 aromatic carbocycles. The number of carbonyl (C=O) groups is 1. The SMILES string of the molecule is CCOC(=O)OC[C@H]1O[C@@H](Oc2ccccc2Cc2ccc(C)cc2)[C@H](O)[C@@H](O)[C@@H]1O. The van der Waals surface area contributed by atoms with E-state index < -0.39 is 36.9 Å². The predicted molar refractivity (Wildman–Crippen MR) is 111 cm³/mol. The Morgan fingerprint density at radius 3 is 2.39 bits per heavy atom. The third kappa shape index (κ3) is 5.95. The number of carbonyl (C=O) groups excluding carboxylic acids is 1. The summed E-state index contributed by atoms with van der Waals surface area (Å²) in [6, 6.07) is 15.4. The Labute approximate surface area is 180 Å². The zero-order valence-electron chi connectivity index (χ0n) is 17.5. The largest absolute Gasteiger partial charge is 0.508 e. The summed E-state index contributed by atoms with van der Waals surface area (Å²) in [4.78, 5) is 11.4. The number of ether oxygens (including phenoxy) is 4. The van der Waals surface area contributed by atoms with Gasteiger partial charge in [0.05, 0.1) is 6.61 Å². The standard InChI is InChI=1S/C23H28O8/c1-3-28-23(27)29-13-18-19(24)20(25)21(26)22(31-18)30-17-7-5-4-6-16(17)12-15-10-8-14(2)9-11-15/h4-11,18-22,24-26H,3,12-13H2,1-2H3/t18-,19-,20+,21-,22-/m1/s1. The van der Waals surface area contributed by atoms with Crippen molar-refractivity contribution in [1.82, 2.24) is 0 Å². The average Bonchev–Trinajstić information content (AvgIpc) is 2.76. The van der Waals surface area contributed by atoms with Crippen molar-refractivity contribution in [2.45, 2.75) is 51.0 Å². The zero-order valence-corrected chi connectivity index (χ0v) is 17.5. The molecule has 0 spiro atoms. The fourth-order valence-electron chi connectivity index (χ4n) is 3.28. The first-order chi connectivity index (χ1) is 14.9. The van der Waals surface area contributed by atoms with Gasteiger partial charge in [-0.25, -0.2) is 4.79 Å². The molecule has 168 valence electrons. The summed E-state index contributed by atoms with van der Waals surface area (Å²) in [5.74, 6) is 0.473. The summed E-state index contributed by atoms with van der Waals surface area (Å²) in [7, 11) is 0. The predicted octanol–water partition coefficient (Wildman–Crippen LogP) is 1.95. The smallest absolute Gasteiger partial charge is 0.462 e. The van der Waals surface area contributed by atoms with Gasteiger partial charge in [-0.15, -0.1) is 0 Å². The first-order valence-corrected chi connectivity index (χ1v) is 10.2. The molecule has 0 aliphatic carbocycles. The Hall–Kier alpha value is -2.65. The van der Waals surface area contributed by atoms with Crippen molar-refractivity contribution in [2.24, 2.45) is 0 Å². The maximum atomic E-state index is 11.4. The summed E-state index contributed by atoms with van der Waals surface area (Å²) >= 11 is 0. The monoisotopic (exact) mass is 432 g/mol. The highest BCUT2D eigenvalue weighted by atomic mass is 16.7. The van der Waals surface area contributed by atoms with E-state index in [1.54, 1.807) is 19.1 Å². The lowest BCUT2D eigenvalue weighted by Gasteiger charge is -2.40. The molecule has 0 amide bonds. The molecule has 8 heteroatoms. The van der Waals surface area contributed by atoms with Crippen LogP contribution in [0.3, 0.4) is 0 Å². The summed E-state index contributed by atoms with van der Waals surface area (Å²) in [5, 5.41) is 30.8. The Morgan fingerprint density at radius 1 is 0.968 bits per heavy atom. The molecule has 1 aliphatic rings. The fraction of sp³-hybridized carbons (Fsp3) is 0.435. The second-order valence-electron chi connectivity index (χ2n) is 7.40. The lowest BCUT2D eigenvalue weighted by molar-refractivity contribution is -0.278. The average molecular weight is 432 g/mol. The van der Waals surface area contributed by atoms with Gasteiger partial charge in [-0.2, -0.15) is 0 Å². The maximum Gasteiger partial charge on any atom is 0.508 e. The number of aliphatic hydroxyl groups is 3. The van der Waals surface area contributed by atoms with Gasteiger partial charge in [0.25, 0.3) is 0 Å². The summed E-state index contributed by atoms with van der Waals surface area (Å²) in [5.41, 5.74) is 3.11. The van der Waals surface area contributed by atoms with E-state index in [1.807, 2.05) is 43.3 Å². The van der Waals surface area contributed by atoms with Crippen molar-refractivity contribution in [1.29, 1.82) is 0 Å². The fourth-order valence-corrected chi connectivity index (χ4v) is 3.28. The van der Waals surface area contributed by atoms with E-state index in [-0.39, 0.29) is 13.2 Å². The van der Waals surface area contributed by atoms with E-state index >= 15 is 0 Å². The molecule has 0 unspecified atom stereocenters. The number of benzene rings is 2. The first-order valence-electron chi connectivity index (χ1n) is 10.2. The second kappa shape index (κ2) is 10.6. The van der Waals surface area contributed by atoms with Gasteiger partial charge in [0.15, 0.2) is 0 Å². The van der Waals surface area contributed by atoms with E-state index in [0.717, 1.165) is 16.7 Å². The molecule has 31 heavy (non-hydrogen) atoms. The molecule has 8 nitrogen and oxygen atoms in total. The van der Waals surface area contributed by atoms with Gasteiger partial charge in [0, 0.05) is 6.42 Å².